The Labute approximate surface area is 174 Å². The Morgan fingerprint density at radius 3 is 2.33 bits per heavy atom. The third-order valence-corrected chi connectivity index (χ3v) is 5.81. The smallest absolute Gasteiger partial charge is 0.317 e. The highest BCUT2D eigenvalue weighted by atomic mass is 16.5. The van der Waals surface area contributed by atoms with Crippen LogP contribution in [-0.2, 0) is 19.7 Å². The minimum absolute atomic E-state index is 0.00917. The zero-order chi connectivity index (χ0) is 21.1. The van der Waals surface area contributed by atoms with Crippen molar-refractivity contribution in [2.45, 2.75) is 25.2 Å². The number of likely N-dealkylation sites (tertiary alicyclic amines) is 1. The van der Waals surface area contributed by atoms with E-state index in [4.69, 9.17) is 9.15 Å². The van der Waals surface area contributed by atoms with Crippen molar-refractivity contribution in [1.29, 1.82) is 0 Å². The number of amides is 1. The van der Waals surface area contributed by atoms with E-state index in [-0.39, 0.29) is 24.1 Å². The molecule has 4 rings (SSSR count). The number of hydrogen-bond donors (Lipinski definition) is 0. The van der Waals surface area contributed by atoms with Gasteiger partial charge in [0.05, 0.1) is 5.41 Å². The zero-order valence-electron chi connectivity index (χ0n) is 16.8. The van der Waals surface area contributed by atoms with E-state index in [0.29, 0.717) is 31.5 Å². The van der Waals surface area contributed by atoms with E-state index >= 15 is 0 Å². The SMILES string of the molecule is CC(=O)N1CCC(C(=O)OCC(=O)c2cc3ccccc3o2)(c2ccccc2)CC1. The van der Waals surface area contributed by atoms with Gasteiger partial charge in [0.2, 0.25) is 11.7 Å². The van der Waals surface area contributed by atoms with Crippen molar-refractivity contribution < 1.29 is 23.5 Å². The molecule has 1 aliphatic heterocycles. The van der Waals surface area contributed by atoms with Crippen molar-refractivity contribution in [2.24, 2.45) is 0 Å². The summed E-state index contributed by atoms with van der Waals surface area (Å²) in [7, 11) is 0. The van der Waals surface area contributed by atoms with Gasteiger partial charge in [-0.05, 0) is 30.5 Å². The molecule has 1 aliphatic rings. The molecule has 0 spiro atoms. The maximum Gasteiger partial charge on any atom is 0.317 e. The molecule has 2 heterocycles. The predicted molar refractivity (Wildman–Crippen MR) is 111 cm³/mol. The molecule has 2 aromatic carbocycles. The maximum absolute atomic E-state index is 13.2. The molecule has 154 valence electrons. The van der Waals surface area contributed by atoms with Gasteiger partial charge in [-0.1, -0.05) is 48.5 Å². The third kappa shape index (κ3) is 3.73. The number of esters is 1. The van der Waals surface area contributed by atoms with E-state index in [1.165, 1.54) is 6.92 Å². The van der Waals surface area contributed by atoms with Gasteiger partial charge in [0.15, 0.2) is 12.4 Å². The molecular formula is C24H23NO5. The molecule has 1 fully saturated rings. The van der Waals surface area contributed by atoms with Gasteiger partial charge in [-0.2, -0.15) is 0 Å². The van der Waals surface area contributed by atoms with Crippen molar-refractivity contribution in [2.75, 3.05) is 19.7 Å². The molecule has 0 aliphatic carbocycles. The van der Waals surface area contributed by atoms with Crippen LogP contribution in [0.15, 0.2) is 65.1 Å². The van der Waals surface area contributed by atoms with Gasteiger partial charge in [0.25, 0.3) is 0 Å². The summed E-state index contributed by atoms with van der Waals surface area (Å²) < 4.78 is 11.1. The number of ketones is 1. The number of ether oxygens (including phenoxy) is 1. The van der Waals surface area contributed by atoms with Gasteiger partial charge in [0, 0.05) is 25.4 Å². The van der Waals surface area contributed by atoms with Crippen molar-refractivity contribution in [3.8, 4) is 0 Å². The number of hydrogen-bond acceptors (Lipinski definition) is 5. The zero-order valence-corrected chi connectivity index (χ0v) is 16.8. The Balaban J connectivity index is 1.51. The lowest BCUT2D eigenvalue weighted by Crippen LogP contribution is -2.49. The second kappa shape index (κ2) is 8.14. The Morgan fingerprint density at radius 1 is 1.00 bits per heavy atom. The van der Waals surface area contributed by atoms with Gasteiger partial charge in [-0.15, -0.1) is 0 Å². The number of furan rings is 1. The summed E-state index contributed by atoms with van der Waals surface area (Å²) in [5, 5.41) is 0.824. The second-order valence-corrected chi connectivity index (χ2v) is 7.60. The molecule has 0 N–H and O–H groups in total. The van der Waals surface area contributed by atoms with E-state index < -0.39 is 11.4 Å². The van der Waals surface area contributed by atoms with Gasteiger partial charge in [-0.3, -0.25) is 14.4 Å². The number of carbonyl (C=O) groups excluding carboxylic acids is 3. The second-order valence-electron chi connectivity index (χ2n) is 7.60. The highest BCUT2D eigenvalue weighted by Crippen LogP contribution is 2.37. The fraction of sp³-hybridized carbons (Fsp3) is 0.292. The first kappa shape index (κ1) is 19.9. The Kier molecular flexibility index (Phi) is 5.40. The molecule has 30 heavy (non-hydrogen) atoms. The normalized spacial score (nSPS) is 15.7. The summed E-state index contributed by atoms with van der Waals surface area (Å²) >= 11 is 0. The molecule has 1 saturated heterocycles. The third-order valence-electron chi connectivity index (χ3n) is 5.81. The van der Waals surface area contributed by atoms with Crippen LogP contribution in [-0.4, -0.2) is 42.3 Å². The first-order chi connectivity index (χ1) is 14.5. The summed E-state index contributed by atoms with van der Waals surface area (Å²) in [4.78, 5) is 39.2. The summed E-state index contributed by atoms with van der Waals surface area (Å²) in [5.41, 5.74) is 0.584. The van der Waals surface area contributed by atoms with Crippen molar-refractivity contribution in [3.05, 3.63) is 72.0 Å². The number of para-hydroxylation sites is 1. The number of rotatable bonds is 5. The quantitative estimate of drug-likeness (QED) is 0.477. The standard InChI is InChI=1S/C24H23NO5/c1-17(26)25-13-11-24(12-14-25,19-8-3-2-4-9-19)23(28)29-16-20(27)22-15-18-7-5-6-10-21(18)30-22/h2-10,15H,11-14,16H2,1H3. The van der Waals surface area contributed by atoms with Crippen LogP contribution < -0.4 is 0 Å². The number of fused-ring (bicyclic) bond motifs is 1. The van der Waals surface area contributed by atoms with E-state index in [9.17, 15) is 14.4 Å². The largest absolute Gasteiger partial charge is 0.456 e. The minimum atomic E-state index is -0.874. The molecule has 3 aromatic rings. The van der Waals surface area contributed by atoms with Crippen LogP contribution in [0.25, 0.3) is 11.0 Å². The van der Waals surface area contributed by atoms with Crippen LogP contribution in [0.4, 0.5) is 0 Å². The van der Waals surface area contributed by atoms with E-state index in [1.54, 1.807) is 17.0 Å². The first-order valence-electron chi connectivity index (χ1n) is 10.00. The summed E-state index contributed by atoms with van der Waals surface area (Å²) in [6.07, 6.45) is 0.905. The molecule has 1 aromatic heterocycles. The average molecular weight is 405 g/mol. The highest BCUT2D eigenvalue weighted by molar-refractivity contribution is 5.99. The highest BCUT2D eigenvalue weighted by Gasteiger charge is 2.45. The first-order valence-corrected chi connectivity index (χ1v) is 10.00. The predicted octanol–water partition coefficient (Wildman–Crippen LogP) is 3.74. The summed E-state index contributed by atoms with van der Waals surface area (Å²) in [6, 6.07) is 18.4. The molecule has 0 radical (unpaired) electrons. The van der Waals surface area contributed by atoms with Crippen molar-refractivity contribution >= 4 is 28.6 Å². The fourth-order valence-electron chi connectivity index (χ4n) is 4.03. The summed E-state index contributed by atoms with van der Waals surface area (Å²) in [5.74, 6) is -0.667. The molecule has 1 amide bonds. The maximum atomic E-state index is 13.2. The monoisotopic (exact) mass is 405 g/mol. The number of benzene rings is 2. The van der Waals surface area contributed by atoms with E-state index in [0.717, 1.165) is 10.9 Å². The van der Waals surface area contributed by atoms with E-state index in [2.05, 4.69) is 0 Å². The molecule has 0 bridgehead atoms. The number of nitrogens with zero attached hydrogens (tertiary/aromatic N) is 1. The Bertz CT molecular complexity index is 1040. The Morgan fingerprint density at radius 2 is 1.67 bits per heavy atom. The molecule has 0 unspecified atom stereocenters. The number of Topliss-reactive ketones (excluding diaryl/α,β-unsaturated/α-hetero) is 1. The topological polar surface area (TPSA) is 76.8 Å². The van der Waals surface area contributed by atoms with Crippen LogP contribution >= 0.6 is 0 Å². The minimum Gasteiger partial charge on any atom is -0.456 e. The van der Waals surface area contributed by atoms with Gasteiger partial charge < -0.3 is 14.1 Å². The molecule has 0 saturated carbocycles. The van der Waals surface area contributed by atoms with Gasteiger partial charge in [-0.25, -0.2) is 0 Å². The lowest BCUT2D eigenvalue weighted by Gasteiger charge is -2.40. The van der Waals surface area contributed by atoms with Crippen LogP contribution in [0.2, 0.25) is 0 Å². The molecule has 6 heteroatoms. The van der Waals surface area contributed by atoms with Crippen LogP contribution in [0.5, 0.6) is 0 Å². The number of carbonyl (C=O) groups is 3. The fourth-order valence-corrected chi connectivity index (χ4v) is 4.03. The lowest BCUT2D eigenvalue weighted by atomic mass is 9.72. The lowest BCUT2D eigenvalue weighted by molar-refractivity contribution is -0.153. The van der Waals surface area contributed by atoms with E-state index in [1.807, 2.05) is 48.5 Å². The van der Waals surface area contributed by atoms with Crippen LogP contribution in [0.1, 0.15) is 35.9 Å². The molecule has 6 nitrogen and oxygen atoms in total. The average Bonchev–Trinajstić information content (AvgIpc) is 3.22. The Hall–Kier alpha value is -3.41. The van der Waals surface area contributed by atoms with Crippen molar-refractivity contribution in [3.63, 3.8) is 0 Å². The van der Waals surface area contributed by atoms with Crippen molar-refractivity contribution in [1.82, 2.24) is 4.90 Å². The summed E-state index contributed by atoms with van der Waals surface area (Å²) in [6.45, 7) is 2.08. The van der Waals surface area contributed by atoms with Gasteiger partial charge in [0.1, 0.15) is 5.58 Å². The van der Waals surface area contributed by atoms with Crippen LogP contribution in [0, 0.1) is 0 Å². The molecule has 0 atom stereocenters. The van der Waals surface area contributed by atoms with Gasteiger partial charge >= 0.3 is 5.97 Å². The van der Waals surface area contributed by atoms with Crippen LogP contribution in [0.3, 0.4) is 0 Å². The molecular weight excluding hydrogens is 382 g/mol. The number of piperidine rings is 1.